The van der Waals surface area contributed by atoms with E-state index in [1.165, 1.54) is 11.0 Å². The molecular weight excluding hydrogens is 517 g/mol. The van der Waals surface area contributed by atoms with Crippen molar-refractivity contribution in [1.82, 2.24) is 10.2 Å². The van der Waals surface area contributed by atoms with Crippen LogP contribution in [-0.2, 0) is 14.3 Å². The van der Waals surface area contributed by atoms with Crippen LogP contribution in [0.1, 0.15) is 51.0 Å². The number of fused-ring (bicyclic) bond motifs is 1. The molecule has 2 amide bonds. The Morgan fingerprint density at radius 2 is 2.05 bits per heavy atom. The lowest BCUT2D eigenvalue weighted by Gasteiger charge is -2.43. The Morgan fingerprint density at radius 1 is 1.29 bits per heavy atom. The quantitative estimate of drug-likeness (QED) is 0.351. The zero-order chi connectivity index (χ0) is 27.3. The molecule has 2 saturated carbocycles. The van der Waals surface area contributed by atoms with Crippen LogP contribution in [0.3, 0.4) is 0 Å². The summed E-state index contributed by atoms with van der Waals surface area (Å²) in [6, 6.07) is 3.45. The van der Waals surface area contributed by atoms with Crippen LogP contribution in [0.4, 0.5) is 13.2 Å². The summed E-state index contributed by atoms with van der Waals surface area (Å²) in [6.07, 6.45) is 5.70. The minimum Gasteiger partial charge on any atom is -0.485 e. The van der Waals surface area contributed by atoms with E-state index in [2.05, 4.69) is 5.32 Å². The Hall–Kier alpha value is -2.20. The van der Waals surface area contributed by atoms with Gasteiger partial charge in [-0.25, -0.2) is 13.2 Å². The maximum absolute atomic E-state index is 14.3. The van der Waals surface area contributed by atoms with Crippen LogP contribution in [0.25, 0.3) is 6.08 Å². The zero-order valence-corrected chi connectivity index (χ0v) is 22.8. The van der Waals surface area contributed by atoms with Crippen LogP contribution < -0.4 is 10.1 Å². The molecule has 0 bridgehead atoms. The molecule has 2 unspecified atom stereocenters. The zero-order valence-electron chi connectivity index (χ0n) is 22.0. The minimum absolute atomic E-state index is 0.0148. The fraction of sp³-hybridized carbons (Fsp3) is 0.643. The third-order valence-corrected chi connectivity index (χ3v) is 8.23. The predicted molar refractivity (Wildman–Crippen MR) is 142 cm³/mol. The van der Waals surface area contributed by atoms with E-state index in [4.69, 9.17) is 9.47 Å². The van der Waals surface area contributed by atoms with Gasteiger partial charge in [-0.2, -0.15) is 11.8 Å². The molecule has 1 aromatic carbocycles. The van der Waals surface area contributed by atoms with Crippen LogP contribution in [0, 0.1) is 17.7 Å². The number of hydrogen-bond acceptors (Lipinski definition) is 5. The standard InChI is InChI=1S/C28H37F3N2O4S/c1-3-36-25(19-7-4-8-19)27(35)33(16-18-14-28(30,31)15-18)23(26(34)32-11-6-12-38-2)21-13-20-9-5-10-22(29)24(20)37-17-21/h5,9-10,13,18-19,23,25H,3-4,6-8,11-12,14-17H2,1-2H3,(H,32,34). The van der Waals surface area contributed by atoms with Gasteiger partial charge >= 0.3 is 0 Å². The molecule has 2 atom stereocenters. The maximum atomic E-state index is 14.3. The number of carbonyl (C=O) groups is 2. The van der Waals surface area contributed by atoms with Crippen molar-refractivity contribution < 1.29 is 32.2 Å². The smallest absolute Gasteiger partial charge is 0.252 e. The van der Waals surface area contributed by atoms with Gasteiger partial charge in [-0.15, -0.1) is 0 Å². The van der Waals surface area contributed by atoms with Crippen molar-refractivity contribution in [2.24, 2.45) is 11.8 Å². The first-order valence-electron chi connectivity index (χ1n) is 13.4. The number of alkyl halides is 2. The summed E-state index contributed by atoms with van der Waals surface area (Å²) in [5.74, 6) is -3.48. The van der Waals surface area contributed by atoms with Crippen molar-refractivity contribution in [1.29, 1.82) is 0 Å². The lowest BCUT2D eigenvalue weighted by molar-refractivity contribution is -0.160. The van der Waals surface area contributed by atoms with E-state index in [0.29, 0.717) is 24.3 Å². The number of hydrogen-bond donors (Lipinski definition) is 1. The minimum atomic E-state index is -2.76. The number of ether oxygens (including phenoxy) is 2. The summed E-state index contributed by atoms with van der Waals surface area (Å²) in [7, 11) is 0. The number of nitrogens with one attached hydrogen (secondary N) is 1. The molecule has 38 heavy (non-hydrogen) atoms. The van der Waals surface area contributed by atoms with Gasteiger partial charge in [0.2, 0.25) is 11.8 Å². The van der Waals surface area contributed by atoms with Gasteiger partial charge in [-0.05, 0) is 67.7 Å². The van der Waals surface area contributed by atoms with E-state index in [-0.39, 0.29) is 43.6 Å². The summed E-state index contributed by atoms with van der Waals surface area (Å²) in [6.45, 7) is 2.47. The van der Waals surface area contributed by atoms with E-state index < -0.39 is 35.7 Å². The molecule has 1 aromatic rings. The summed E-state index contributed by atoms with van der Waals surface area (Å²) >= 11 is 1.66. The Bertz CT molecular complexity index is 1030. The van der Waals surface area contributed by atoms with Crippen molar-refractivity contribution in [2.75, 3.05) is 38.3 Å². The van der Waals surface area contributed by atoms with Crippen LogP contribution in [0.15, 0.2) is 23.8 Å². The van der Waals surface area contributed by atoms with Crippen LogP contribution in [0.5, 0.6) is 5.75 Å². The molecule has 10 heteroatoms. The highest BCUT2D eigenvalue weighted by molar-refractivity contribution is 7.98. The lowest BCUT2D eigenvalue weighted by Crippen LogP contribution is -2.58. The molecule has 4 rings (SSSR count). The van der Waals surface area contributed by atoms with Crippen molar-refractivity contribution in [3.63, 3.8) is 0 Å². The van der Waals surface area contributed by atoms with Gasteiger partial charge in [0.05, 0.1) is 0 Å². The van der Waals surface area contributed by atoms with E-state index in [9.17, 15) is 22.8 Å². The Morgan fingerprint density at radius 3 is 2.68 bits per heavy atom. The number of thioether (sulfide) groups is 1. The highest BCUT2D eigenvalue weighted by Crippen LogP contribution is 2.44. The van der Waals surface area contributed by atoms with Crippen LogP contribution in [-0.4, -0.2) is 73.1 Å². The topological polar surface area (TPSA) is 67.9 Å². The molecule has 0 aromatic heterocycles. The molecule has 0 radical (unpaired) electrons. The largest absolute Gasteiger partial charge is 0.485 e. The van der Waals surface area contributed by atoms with Gasteiger partial charge in [0.25, 0.3) is 5.91 Å². The van der Waals surface area contributed by atoms with Crippen LogP contribution >= 0.6 is 11.8 Å². The normalized spacial score (nSPS) is 20.2. The monoisotopic (exact) mass is 554 g/mol. The van der Waals surface area contributed by atoms with E-state index in [1.54, 1.807) is 30.0 Å². The SMILES string of the molecule is CCOC(C(=O)N(CC1CC(F)(F)C1)C(C(=O)NCCCSC)C1=Cc2cccc(F)c2OC1)C1CCC1. The van der Waals surface area contributed by atoms with Gasteiger partial charge in [0.15, 0.2) is 11.6 Å². The van der Waals surface area contributed by atoms with E-state index >= 15 is 0 Å². The Labute approximate surface area is 226 Å². The molecule has 2 fully saturated rings. The number of amides is 2. The summed E-state index contributed by atoms with van der Waals surface area (Å²) < 4.78 is 53.5. The highest BCUT2D eigenvalue weighted by atomic mass is 32.2. The third-order valence-electron chi connectivity index (χ3n) is 7.54. The first-order chi connectivity index (χ1) is 18.2. The predicted octanol–water partition coefficient (Wildman–Crippen LogP) is 4.92. The first-order valence-corrected chi connectivity index (χ1v) is 14.8. The number of rotatable bonds is 13. The van der Waals surface area contributed by atoms with Gasteiger partial charge in [-0.1, -0.05) is 18.6 Å². The number of carbonyl (C=O) groups excluding carboxylic acids is 2. The molecule has 0 spiro atoms. The molecule has 1 N–H and O–H groups in total. The number of benzene rings is 1. The molecular formula is C28H37F3N2O4S. The van der Waals surface area contributed by atoms with E-state index in [1.807, 2.05) is 13.2 Å². The second kappa shape index (κ2) is 12.8. The molecule has 210 valence electrons. The average molecular weight is 555 g/mol. The Balaban J connectivity index is 1.69. The van der Waals surface area contributed by atoms with E-state index in [0.717, 1.165) is 31.4 Å². The Kier molecular flexibility index (Phi) is 9.68. The summed E-state index contributed by atoms with van der Waals surface area (Å²) in [5.41, 5.74) is 0.947. The number of nitrogens with zero attached hydrogens (tertiary/aromatic N) is 1. The third kappa shape index (κ3) is 6.68. The molecule has 0 saturated heterocycles. The molecule has 1 heterocycles. The second-order valence-electron chi connectivity index (χ2n) is 10.4. The van der Waals surface area contributed by atoms with Crippen molar-refractivity contribution in [3.8, 4) is 5.75 Å². The van der Waals surface area contributed by atoms with Crippen molar-refractivity contribution >= 4 is 29.7 Å². The van der Waals surface area contributed by atoms with Gasteiger partial charge in [0.1, 0.15) is 18.8 Å². The highest BCUT2D eigenvalue weighted by Gasteiger charge is 2.49. The number of halogens is 3. The fourth-order valence-corrected chi connectivity index (χ4v) is 5.82. The second-order valence-corrected chi connectivity index (χ2v) is 11.4. The fourth-order valence-electron chi connectivity index (χ4n) is 5.39. The first kappa shape index (κ1) is 28.8. The number of para-hydroxylation sites is 1. The van der Waals surface area contributed by atoms with Crippen LogP contribution in [0.2, 0.25) is 0 Å². The molecule has 2 aliphatic carbocycles. The summed E-state index contributed by atoms with van der Waals surface area (Å²) in [5, 5.41) is 2.93. The molecule has 6 nitrogen and oxygen atoms in total. The van der Waals surface area contributed by atoms with Gasteiger partial charge < -0.3 is 19.7 Å². The summed E-state index contributed by atoms with van der Waals surface area (Å²) in [4.78, 5) is 29.2. The molecule has 1 aliphatic heterocycles. The average Bonchev–Trinajstić information content (AvgIpc) is 2.83. The van der Waals surface area contributed by atoms with Gasteiger partial charge in [0, 0.05) is 38.1 Å². The van der Waals surface area contributed by atoms with Gasteiger partial charge in [-0.3, -0.25) is 9.59 Å². The van der Waals surface area contributed by atoms with Crippen molar-refractivity contribution in [2.45, 2.75) is 63.5 Å². The maximum Gasteiger partial charge on any atom is 0.252 e. The molecule has 3 aliphatic rings. The van der Waals surface area contributed by atoms with Crippen molar-refractivity contribution in [3.05, 3.63) is 35.2 Å². The lowest BCUT2D eigenvalue weighted by atomic mass is 9.78.